The van der Waals surface area contributed by atoms with Crippen molar-refractivity contribution >= 4 is 5.97 Å². The molecule has 3 nitrogen and oxygen atoms in total. The summed E-state index contributed by atoms with van der Waals surface area (Å²) in [6.45, 7) is 2.68. The third-order valence-corrected chi connectivity index (χ3v) is 3.54. The average Bonchev–Trinajstić information content (AvgIpc) is 2.59. The molecule has 0 radical (unpaired) electrons. The summed E-state index contributed by atoms with van der Waals surface area (Å²) in [6, 6.07) is 17.2. The van der Waals surface area contributed by atoms with Gasteiger partial charge in [-0.3, -0.25) is 4.79 Å². The Morgan fingerprint density at radius 2 is 1.57 bits per heavy atom. The Morgan fingerprint density at radius 3 is 2.26 bits per heavy atom. The number of carbonyl (C=O) groups is 1. The van der Waals surface area contributed by atoms with E-state index in [0.717, 1.165) is 24.2 Å². The van der Waals surface area contributed by atoms with Crippen molar-refractivity contribution in [2.75, 3.05) is 0 Å². The number of carbonyl (C=O) groups excluding carboxylic acids is 1. The second kappa shape index (κ2) is 9.67. The highest BCUT2D eigenvalue weighted by Gasteiger charge is 2.05. The molecule has 0 bridgehead atoms. The van der Waals surface area contributed by atoms with Crippen molar-refractivity contribution in [2.24, 2.45) is 0 Å². The van der Waals surface area contributed by atoms with Crippen molar-refractivity contribution in [3.8, 4) is 11.5 Å². The van der Waals surface area contributed by atoms with Crippen molar-refractivity contribution in [3.63, 3.8) is 0 Å². The van der Waals surface area contributed by atoms with Crippen LogP contribution in [0.3, 0.4) is 0 Å². The zero-order chi connectivity index (χ0) is 16.3. The van der Waals surface area contributed by atoms with Crippen LogP contribution in [0.4, 0.5) is 0 Å². The van der Waals surface area contributed by atoms with Crippen LogP contribution in [-0.2, 0) is 11.4 Å². The summed E-state index contributed by atoms with van der Waals surface area (Å²) in [5, 5.41) is 0. The van der Waals surface area contributed by atoms with E-state index in [1.54, 1.807) is 12.1 Å². The third-order valence-electron chi connectivity index (χ3n) is 3.54. The van der Waals surface area contributed by atoms with Gasteiger partial charge < -0.3 is 9.47 Å². The van der Waals surface area contributed by atoms with Gasteiger partial charge in [-0.2, -0.15) is 0 Å². The number of unbranched alkanes of at least 4 members (excludes halogenated alkanes) is 3. The van der Waals surface area contributed by atoms with Gasteiger partial charge in [0.25, 0.3) is 0 Å². The van der Waals surface area contributed by atoms with E-state index in [0.29, 0.717) is 18.8 Å². The molecule has 0 saturated carbocycles. The van der Waals surface area contributed by atoms with Crippen LogP contribution in [0.1, 0.15) is 44.6 Å². The van der Waals surface area contributed by atoms with E-state index in [9.17, 15) is 4.79 Å². The minimum absolute atomic E-state index is 0.168. The summed E-state index contributed by atoms with van der Waals surface area (Å²) >= 11 is 0. The number of ether oxygens (including phenoxy) is 2. The second-order valence-corrected chi connectivity index (χ2v) is 5.53. The summed E-state index contributed by atoms with van der Waals surface area (Å²) < 4.78 is 11.0. The zero-order valence-corrected chi connectivity index (χ0v) is 13.7. The summed E-state index contributed by atoms with van der Waals surface area (Å²) in [7, 11) is 0. The quantitative estimate of drug-likeness (QED) is 0.365. The molecule has 2 aromatic rings. The molecule has 0 spiro atoms. The van der Waals surface area contributed by atoms with Gasteiger partial charge in [-0.15, -0.1) is 0 Å². The fourth-order valence-corrected chi connectivity index (χ4v) is 2.22. The number of hydrogen-bond acceptors (Lipinski definition) is 3. The summed E-state index contributed by atoms with van der Waals surface area (Å²) in [4.78, 5) is 11.7. The average molecular weight is 312 g/mol. The molecule has 0 aromatic heterocycles. The molecule has 3 heteroatoms. The molecule has 23 heavy (non-hydrogen) atoms. The monoisotopic (exact) mass is 312 g/mol. The maximum absolute atomic E-state index is 11.7. The van der Waals surface area contributed by atoms with E-state index < -0.39 is 0 Å². The number of hydrogen-bond donors (Lipinski definition) is 0. The lowest BCUT2D eigenvalue weighted by molar-refractivity contribution is -0.134. The predicted molar refractivity (Wildman–Crippen MR) is 91.6 cm³/mol. The van der Waals surface area contributed by atoms with E-state index in [1.807, 2.05) is 42.5 Å². The maximum Gasteiger partial charge on any atom is 0.311 e. The molecule has 0 fully saturated rings. The van der Waals surface area contributed by atoms with Crippen LogP contribution >= 0.6 is 0 Å². The highest BCUT2D eigenvalue weighted by molar-refractivity contribution is 5.72. The maximum atomic E-state index is 11.7. The SMILES string of the molecule is CCCCCCC(=O)Oc1ccc(OCc2ccccc2)cc1. The minimum atomic E-state index is -0.168. The topological polar surface area (TPSA) is 35.5 Å². The lowest BCUT2D eigenvalue weighted by Gasteiger charge is -2.08. The first-order valence-corrected chi connectivity index (χ1v) is 8.25. The summed E-state index contributed by atoms with van der Waals surface area (Å²) in [5.41, 5.74) is 1.12. The highest BCUT2D eigenvalue weighted by Crippen LogP contribution is 2.19. The van der Waals surface area contributed by atoms with E-state index in [1.165, 1.54) is 12.8 Å². The molecule has 2 aromatic carbocycles. The van der Waals surface area contributed by atoms with Gasteiger partial charge in [0.15, 0.2) is 0 Å². The molecule has 0 amide bonds. The third kappa shape index (κ3) is 6.55. The molecule has 0 aliphatic rings. The van der Waals surface area contributed by atoms with Gasteiger partial charge >= 0.3 is 5.97 Å². The van der Waals surface area contributed by atoms with Crippen LogP contribution in [0.5, 0.6) is 11.5 Å². The predicted octanol–water partition coefficient (Wildman–Crippen LogP) is 5.14. The van der Waals surface area contributed by atoms with Crippen molar-refractivity contribution in [1.29, 1.82) is 0 Å². The van der Waals surface area contributed by atoms with Crippen molar-refractivity contribution in [3.05, 3.63) is 60.2 Å². The Hall–Kier alpha value is -2.29. The van der Waals surface area contributed by atoms with Crippen molar-refractivity contribution in [2.45, 2.75) is 45.6 Å². The van der Waals surface area contributed by atoms with Crippen LogP contribution in [0.25, 0.3) is 0 Å². The van der Waals surface area contributed by atoms with Gasteiger partial charge in [-0.1, -0.05) is 56.5 Å². The van der Waals surface area contributed by atoms with E-state index in [2.05, 4.69) is 6.92 Å². The summed E-state index contributed by atoms with van der Waals surface area (Å²) in [6.07, 6.45) is 4.79. The van der Waals surface area contributed by atoms with Gasteiger partial charge in [0.1, 0.15) is 18.1 Å². The minimum Gasteiger partial charge on any atom is -0.489 e. The molecule has 0 heterocycles. The van der Waals surface area contributed by atoms with E-state index in [-0.39, 0.29) is 5.97 Å². The van der Waals surface area contributed by atoms with Crippen LogP contribution in [-0.4, -0.2) is 5.97 Å². The molecule has 0 unspecified atom stereocenters. The lowest BCUT2D eigenvalue weighted by Crippen LogP contribution is -2.07. The molecule has 0 N–H and O–H groups in total. The normalized spacial score (nSPS) is 10.3. The number of rotatable bonds is 9. The Kier molecular flexibility index (Phi) is 7.18. The van der Waals surface area contributed by atoms with Crippen LogP contribution < -0.4 is 9.47 Å². The molecular weight excluding hydrogens is 288 g/mol. The fourth-order valence-electron chi connectivity index (χ4n) is 2.22. The van der Waals surface area contributed by atoms with Crippen molar-refractivity contribution < 1.29 is 14.3 Å². The molecule has 122 valence electrons. The smallest absolute Gasteiger partial charge is 0.311 e. The Balaban J connectivity index is 1.74. The fraction of sp³-hybridized carbons (Fsp3) is 0.350. The Morgan fingerprint density at radius 1 is 0.870 bits per heavy atom. The van der Waals surface area contributed by atoms with Gasteiger partial charge in [0, 0.05) is 6.42 Å². The first-order valence-electron chi connectivity index (χ1n) is 8.25. The largest absolute Gasteiger partial charge is 0.489 e. The first kappa shape index (κ1) is 17.1. The first-order chi connectivity index (χ1) is 11.3. The molecule has 0 atom stereocenters. The standard InChI is InChI=1S/C20H24O3/c1-2-3-4-8-11-20(21)23-19-14-12-18(13-15-19)22-16-17-9-6-5-7-10-17/h5-7,9-10,12-15H,2-4,8,11,16H2,1H3. The van der Waals surface area contributed by atoms with Crippen LogP contribution in [0.2, 0.25) is 0 Å². The second-order valence-electron chi connectivity index (χ2n) is 5.53. The van der Waals surface area contributed by atoms with Crippen molar-refractivity contribution in [1.82, 2.24) is 0 Å². The van der Waals surface area contributed by atoms with E-state index in [4.69, 9.17) is 9.47 Å². The van der Waals surface area contributed by atoms with E-state index >= 15 is 0 Å². The number of benzene rings is 2. The Bertz CT molecular complexity index is 576. The van der Waals surface area contributed by atoms with Crippen LogP contribution in [0, 0.1) is 0 Å². The highest BCUT2D eigenvalue weighted by atomic mass is 16.5. The molecule has 0 saturated heterocycles. The Labute approximate surface area is 138 Å². The molecule has 0 aliphatic carbocycles. The molecule has 0 aliphatic heterocycles. The van der Waals surface area contributed by atoms with Gasteiger partial charge in [0.2, 0.25) is 0 Å². The van der Waals surface area contributed by atoms with Crippen LogP contribution in [0.15, 0.2) is 54.6 Å². The van der Waals surface area contributed by atoms with Gasteiger partial charge in [-0.25, -0.2) is 0 Å². The molecular formula is C20H24O3. The van der Waals surface area contributed by atoms with Gasteiger partial charge in [-0.05, 0) is 36.2 Å². The molecule has 2 rings (SSSR count). The summed E-state index contributed by atoms with van der Waals surface area (Å²) in [5.74, 6) is 1.16. The van der Waals surface area contributed by atoms with Gasteiger partial charge in [0.05, 0.1) is 0 Å². The zero-order valence-electron chi connectivity index (χ0n) is 13.7. The number of esters is 1. The lowest BCUT2D eigenvalue weighted by atomic mass is 10.1.